The van der Waals surface area contributed by atoms with Gasteiger partial charge in [0.15, 0.2) is 0 Å². The number of hydrogen-bond acceptors (Lipinski definition) is 6. The zero-order valence-electron chi connectivity index (χ0n) is 20.7. The number of anilines is 1. The number of aromatic nitrogens is 1. The monoisotopic (exact) mass is 480 g/mol. The van der Waals surface area contributed by atoms with Crippen molar-refractivity contribution in [1.29, 1.82) is 0 Å². The van der Waals surface area contributed by atoms with Crippen LogP contribution in [0.4, 0.5) is 5.82 Å². The molecule has 188 valence electrons. The van der Waals surface area contributed by atoms with Gasteiger partial charge in [0.25, 0.3) is 0 Å². The third kappa shape index (κ3) is 8.09. The first kappa shape index (κ1) is 26.2. The Balaban J connectivity index is 1.62. The highest BCUT2D eigenvalue weighted by Crippen LogP contribution is 2.28. The summed E-state index contributed by atoms with van der Waals surface area (Å²) in [5.41, 5.74) is 8.54. The molecule has 1 aromatic heterocycles. The summed E-state index contributed by atoms with van der Waals surface area (Å²) in [4.78, 5) is 44.2. The molecule has 3 N–H and O–H groups in total. The molecule has 1 saturated carbocycles. The van der Waals surface area contributed by atoms with E-state index in [0.717, 1.165) is 36.1 Å². The zero-order valence-corrected chi connectivity index (χ0v) is 20.7. The van der Waals surface area contributed by atoms with Crippen LogP contribution >= 0.6 is 0 Å². The maximum Gasteiger partial charge on any atom is 0.308 e. The van der Waals surface area contributed by atoms with Gasteiger partial charge in [-0.15, -0.1) is 0 Å². The van der Waals surface area contributed by atoms with Gasteiger partial charge in [-0.05, 0) is 62.3 Å². The summed E-state index contributed by atoms with van der Waals surface area (Å²) >= 11 is 0. The van der Waals surface area contributed by atoms with Gasteiger partial charge >= 0.3 is 5.97 Å². The van der Waals surface area contributed by atoms with Crippen molar-refractivity contribution >= 4 is 23.6 Å². The van der Waals surface area contributed by atoms with Crippen LogP contribution in [0, 0.1) is 0 Å². The molecule has 1 aliphatic rings. The van der Waals surface area contributed by atoms with Crippen molar-refractivity contribution in [3.63, 3.8) is 0 Å². The normalized spacial score (nSPS) is 13.7. The third-order valence-electron chi connectivity index (χ3n) is 6.10. The number of ether oxygens (including phenoxy) is 1. The number of amides is 2. The number of pyridine rings is 1. The van der Waals surface area contributed by atoms with Crippen molar-refractivity contribution in [2.45, 2.75) is 70.9 Å². The highest BCUT2D eigenvalue weighted by atomic mass is 16.5. The molecule has 0 spiro atoms. The van der Waals surface area contributed by atoms with Gasteiger partial charge in [-0.2, -0.15) is 0 Å². The Labute approximate surface area is 207 Å². The van der Waals surface area contributed by atoms with E-state index in [4.69, 9.17) is 10.5 Å². The standard InChI is InChI=1S/C27H36N4O4/c1-3-19-9-5-6-12-22(19)23(17-27(34)35-4-2)30-25(32)18-31(21-15-16-21)26(33)14-8-11-20-10-7-13-24(28)29-20/h5-7,9-10,12-13,21,23H,3-4,8,11,14-18H2,1-2H3,(H2,28,29)(H,30,32)/t23-/m1/s1. The molecular formula is C27H36N4O4. The first-order chi connectivity index (χ1) is 16.9. The first-order valence-electron chi connectivity index (χ1n) is 12.4. The lowest BCUT2D eigenvalue weighted by atomic mass is 9.96. The van der Waals surface area contributed by atoms with Crippen LogP contribution < -0.4 is 11.1 Å². The summed E-state index contributed by atoms with van der Waals surface area (Å²) in [6.45, 7) is 4.06. The maximum absolute atomic E-state index is 13.1. The number of nitrogens with one attached hydrogen (secondary N) is 1. The first-order valence-corrected chi connectivity index (χ1v) is 12.4. The van der Waals surface area contributed by atoms with Crippen LogP contribution in [-0.2, 0) is 32.0 Å². The number of hydrogen-bond donors (Lipinski definition) is 2. The predicted octanol–water partition coefficient (Wildman–Crippen LogP) is 3.35. The third-order valence-corrected chi connectivity index (χ3v) is 6.10. The molecule has 0 unspecified atom stereocenters. The lowest BCUT2D eigenvalue weighted by molar-refractivity contribution is -0.144. The fraction of sp³-hybridized carbons (Fsp3) is 0.481. The molecule has 2 amide bonds. The zero-order chi connectivity index (χ0) is 25.2. The number of rotatable bonds is 13. The molecule has 0 aliphatic heterocycles. The van der Waals surface area contributed by atoms with Gasteiger partial charge in [0, 0.05) is 18.2 Å². The molecule has 1 aliphatic carbocycles. The van der Waals surface area contributed by atoms with Gasteiger partial charge < -0.3 is 20.7 Å². The Morgan fingerprint density at radius 2 is 1.91 bits per heavy atom. The highest BCUT2D eigenvalue weighted by Gasteiger charge is 2.34. The van der Waals surface area contributed by atoms with Crippen LogP contribution in [0.1, 0.15) is 68.8 Å². The van der Waals surface area contributed by atoms with E-state index in [1.807, 2.05) is 43.3 Å². The Kier molecular flexibility index (Phi) is 9.64. The van der Waals surface area contributed by atoms with Crippen LogP contribution in [0.2, 0.25) is 0 Å². The number of nitrogen functional groups attached to an aromatic ring is 1. The molecule has 0 saturated heterocycles. The molecular weight excluding hydrogens is 444 g/mol. The second-order valence-electron chi connectivity index (χ2n) is 8.84. The van der Waals surface area contributed by atoms with E-state index in [2.05, 4.69) is 10.3 Å². The minimum atomic E-state index is -0.511. The molecule has 35 heavy (non-hydrogen) atoms. The molecule has 8 nitrogen and oxygen atoms in total. The quantitative estimate of drug-likeness (QED) is 0.425. The van der Waals surface area contributed by atoms with E-state index in [1.54, 1.807) is 17.9 Å². The van der Waals surface area contributed by atoms with Gasteiger partial charge in [0.1, 0.15) is 5.82 Å². The summed E-state index contributed by atoms with van der Waals surface area (Å²) in [5.74, 6) is -0.216. The number of nitrogens with zero attached hydrogens (tertiary/aromatic N) is 2. The Morgan fingerprint density at radius 3 is 2.60 bits per heavy atom. The fourth-order valence-corrected chi connectivity index (χ4v) is 4.22. The van der Waals surface area contributed by atoms with E-state index in [-0.39, 0.29) is 43.4 Å². The van der Waals surface area contributed by atoms with Crippen molar-refractivity contribution in [2.24, 2.45) is 0 Å². The van der Waals surface area contributed by atoms with E-state index >= 15 is 0 Å². The minimum absolute atomic E-state index is 0.0202. The molecule has 2 aromatic rings. The number of carbonyl (C=O) groups excluding carboxylic acids is 3. The van der Waals surface area contributed by atoms with E-state index in [9.17, 15) is 14.4 Å². The van der Waals surface area contributed by atoms with Gasteiger partial charge in [0.2, 0.25) is 11.8 Å². The average molecular weight is 481 g/mol. The largest absolute Gasteiger partial charge is 0.466 e. The Morgan fingerprint density at radius 1 is 1.14 bits per heavy atom. The topological polar surface area (TPSA) is 115 Å². The average Bonchev–Trinajstić information content (AvgIpc) is 3.67. The lowest BCUT2D eigenvalue weighted by Crippen LogP contribution is -2.43. The van der Waals surface area contributed by atoms with Crippen molar-refractivity contribution in [2.75, 3.05) is 18.9 Å². The second-order valence-corrected chi connectivity index (χ2v) is 8.84. The summed E-state index contributed by atoms with van der Waals surface area (Å²) in [6.07, 6.45) is 4.25. The summed E-state index contributed by atoms with van der Waals surface area (Å²) < 4.78 is 5.14. The second kappa shape index (κ2) is 12.9. The number of esters is 1. The van der Waals surface area contributed by atoms with Crippen LogP contribution in [-0.4, -0.2) is 46.9 Å². The highest BCUT2D eigenvalue weighted by molar-refractivity contribution is 5.86. The van der Waals surface area contributed by atoms with Crippen molar-refractivity contribution < 1.29 is 19.1 Å². The van der Waals surface area contributed by atoms with E-state index in [1.165, 1.54) is 0 Å². The predicted molar refractivity (Wildman–Crippen MR) is 134 cm³/mol. The van der Waals surface area contributed by atoms with Crippen molar-refractivity contribution in [3.05, 3.63) is 59.3 Å². The molecule has 0 bridgehead atoms. The number of benzene rings is 1. The van der Waals surface area contributed by atoms with Gasteiger partial charge in [-0.1, -0.05) is 37.3 Å². The SMILES string of the molecule is CCOC(=O)C[C@@H](NC(=O)CN(C(=O)CCCc1cccc(N)n1)C1CC1)c1ccccc1CC. The molecule has 3 rings (SSSR count). The summed E-state index contributed by atoms with van der Waals surface area (Å²) in [5, 5.41) is 3.00. The molecule has 1 atom stereocenters. The molecule has 8 heteroatoms. The van der Waals surface area contributed by atoms with Crippen LogP contribution in [0.25, 0.3) is 0 Å². The molecule has 1 heterocycles. The smallest absolute Gasteiger partial charge is 0.308 e. The van der Waals surface area contributed by atoms with Gasteiger partial charge in [-0.25, -0.2) is 4.98 Å². The number of nitrogens with two attached hydrogens (primary N) is 1. The number of aryl methyl sites for hydroxylation is 2. The molecule has 0 radical (unpaired) electrons. The molecule has 1 aromatic carbocycles. The lowest BCUT2D eigenvalue weighted by Gasteiger charge is -2.25. The minimum Gasteiger partial charge on any atom is -0.466 e. The molecule has 1 fully saturated rings. The number of carbonyl (C=O) groups is 3. The summed E-state index contributed by atoms with van der Waals surface area (Å²) in [6, 6.07) is 12.8. The fourth-order valence-electron chi connectivity index (χ4n) is 4.22. The van der Waals surface area contributed by atoms with Gasteiger partial charge in [0.05, 0.1) is 25.6 Å². The van der Waals surface area contributed by atoms with Crippen LogP contribution in [0.3, 0.4) is 0 Å². The van der Waals surface area contributed by atoms with Crippen LogP contribution in [0.15, 0.2) is 42.5 Å². The van der Waals surface area contributed by atoms with Crippen molar-refractivity contribution in [3.8, 4) is 0 Å². The van der Waals surface area contributed by atoms with Crippen LogP contribution in [0.5, 0.6) is 0 Å². The Hall–Kier alpha value is -3.42. The van der Waals surface area contributed by atoms with Crippen molar-refractivity contribution in [1.82, 2.24) is 15.2 Å². The Bertz CT molecular complexity index is 1020. The van der Waals surface area contributed by atoms with E-state index < -0.39 is 6.04 Å². The van der Waals surface area contributed by atoms with Gasteiger partial charge in [-0.3, -0.25) is 14.4 Å². The summed E-state index contributed by atoms with van der Waals surface area (Å²) in [7, 11) is 0. The maximum atomic E-state index is 13.1. The van der Waals surface area contributed by atoms with E-state index in [0.29, 0.717) is 25.1 Å².